The molecule has 1 heterocycles. The molecule has 4 rings (SSSR count). The van der Waals surface area contributed by atoms with E-state index in [9.17, 15) is 4.79 Å². The minimum atomic E-state index is 0.0164. The van der Waals surface area contributed by atoms with Gasteiger partial charge in [0.05, 0.1) is 0 Å². The number of aromatic nitrogens is 3. The van der Waals surface area contributed by atoms with Gasteiger partial charge < -0.3 is 11.1 Å². The van der Waals surface area contributed by atoms with Crippen LogP contribution in [0.3, 0.4) is 0 Å². The molecule has 0 spiro atoms. The smallest absolute Gasteiger partial charge is 0.251 e. The topological polar surface area (TPSA) is 85.8 Å². The molecule has 2 aliphatic carbocycles. The van der Waals surface area contributed by atoms with Crippen molar-refractivity contribution in [2.75, 3.05) is 0 Å². The van der Waals surface area contributed by atoms with Crippen molar-refractivity contribution in [3.8, 4) is 5.69 Å². The number of nitrogens with one attached hydrogen (secondary N) is 1. The zero-order valence-electron chi connectivity index (χ0n) is 13.6. The van der Waals surface area contributed by atoms with Crippen LogP contribution < -0.4 is 11.1 Å². The van der Waals surface area contributed by atoms with Gasteiger partial charge in [-0.15, -0.1) is 10.2 Å². The molecule has 6 nitrogen and oxygen atoms in total. The highest BCUT2D eigenvalue weighted by Crippen LogP contribution is 2.39. The molecule has 126 valence electrons. The summed E-state index contributed by atoms with van der Waals surface area (Å²) in [7, 11) is 0. The van der Waals surface area contributed by atoms with E-state index in [1.54, 1.807) is 12.7 Å². The van der Waals surface area contributed by atoms with Gasteiger partial charge in [-0.2, -0.15) is 0 Å². The molecule has 2 bridgehead atoms. The van der Waals surface area contributed by atoms with E-state index < -0.39 is 0 Å². The van der Waals surface area contributed by atoms with Gasteiger partial charge in [-0.05, 0) is 61.8 Å². The first kappa shape index (κ1) is 15.3. The number of benzene rings is 1. The molecule has 0 saturated heterocycles. The standard InChI is InChI=1S/C18H23N5O/c19-15-8-13-2-1-3-14(9-15)17(13)22-18(24)12-4-6-16(7-5-12)23-10-20-21-11-23/h4-7,10-11,13-15,17H,1-3,8-9,19H2,(H,22,24). The van der Waals surface area contributed by atoms with Gasteiger partial charge in [0.1, 0.15) is 12.7 Å². The van der Waals surface area contributed by atoms with Crippen molar-refractivity contribution in [2.45, 2.75) is 44.2 Å². The second-order valence-electron chi connectivity index (χ2n) is 7.10. The summed E-state index contributed by atoms with van der Waals surface area (Å²) >= 11 is 0. The Kier molecular flexibility index (Phi) is 4.06. The predicted molar refractivity (Wildman–Crippen MR) is 90.7 cm³/mol. The molecular formula is C18H23N5O. The molecular weight excluding hydrogens is 302 g/mol. The summed E-state index contributed by atoms with van der Waals surface area (Å²) in [4.78, 5) is 12.6. The normalized spacial score (nSPS) is 29.2. The zero-order chi connectivity index (χ0) is 16.5. The van der Waals surface area contributed by atoms with Gasteiger partial charge in [0, 0.05) is 23.3 Å². The molecule has 1 aromatic heterocycles. The summed E-state index contributed by atoms with van der Waals surface area (Å²) in [5, 5.41) is 10.9. The molecule has 2 aromatic rings. The fourth-order valence-electron chi connectivity index (χ4n) is 4.38. The maximum absolute atomic E-state index is 12.6. The Hall–Kier alpha value is -2.21. The summed E-state index contributed by atoms with van der Waals surface area (Å²) in [5.74, 6) is 1.09. The third-order valence-electron chi connectivity index (χ3n) is 5.52. The lowest BCUT2D eigenvalue weighted by atomic mass is 9.67. The van der Waals surface area contributed by atoms with Gasteiger partial charge in [-0.1, -0.05) is 6.42 Å². The summed E-state index contributed by atoms with van der Waals surface area (Å²) in [5.41, 5.74) is 7.80. The first-order valence-electron chi connectivity index (χ1n) is 8.72. The molecule has 0 aliphatic heterocycles. The second kappa shape index (κ2) is 6.36. The lowest BCUT2D eigenvalue weighted by Gasteiger charge is -2.45. The van der Waals surface area contributed by atoms with Crippen LogP contribution in [-0.4, -0.2) is 32.8 Å². The van der Waals surface area contributed by atoms with E-state index in [2.05, 4.69) is 15.5 Å². The van der Waals surface area contributed by atoms with Gasteiger partial charge in [0.15, 0.2) is 0 Å². The van der Waals surface area contributed by atoms with E-state index in [0.717, 1.165) is 18.5 Å². The number of nitrogens with two attached hydrogens (primary N) is 1. The fourth-order valence-corrected chi connectivity index (χ4v) is 4.38. The summed E-state index contributed by atoms with van der Waals surface area (Å²) < 4.78 is 1.81. The van der Waals surface area contributed by atoms with Crippen molar-refractivity contribution in [1.29, 1.82) is 0 Å². The van der Waals surface area contributed by atoms with E-state index in [1.165, 1.54) is 19.3 Å². The van der Waals surface area contributed by atoms with Crippen molar-refractivity contribution in [3.63, 3.8) is 0 Å². The van der Waals surface area contributed by atoms with Crippen LogP contribution >= 0.6 is 0 Å². The summed E-state index contributed by atoms with van der Waals surface area (Å²) in [6.07, 6.45) is 8.98. The molecule has 1 aromatic carbocycles. The van der Waals surface area contributed by atoms with Crippen LogP contribution in [0.1, 0.15) is 42.5 Å². The minimum Gasteiger partial charge on any atom is -0.349 e. The van der Waals surface area contributed by atoms with E-state index in [-0.39, 0.29) is 11.9 Å². The van der Waals surface area contributed by atoms with Crippen LogP contribution in [0.15, 0.2) is 36.9 Å². The molecule has 2 unspecified atom stereocenters. The number of fused-ring (bicyclic) bond motifs is 2. The van der Waals surface area contributed by atoms with Crippen molar-refractivity contribution in [2.24, 2.45) is 17.6 Å². The van der Waals surface area contributed by atoms with E-state index in [0.29, 0.717) is 23.4 Å². The van der Waals surface area contributed by atoms with E-state index in [1.807, 2.05) is 28.8 Å². The minimum absolute atomic E-state index is 0.0164. The fraction of sp³-hybridized carbons (Fsp3) is 0.500. The van der Waals surface area contributed by atoms with Crippen molar-refractivity contribution >= 4 is 5.91 Å². The van der Waals surface area contributed by atoms with Crippen LogP contribution in [0.4, 0.5) is 0 Å². The second-order valence-corrected chi connectivity index (χ2v) is 7.10. The maximum atomic E-state index is 12.6. The van der Waals surface area contributed by atoms with Gasteiger partial charge in [0.25, 0.3) is 5.91 Å². The number of nitrogens with zero attached hydrogens (tertiary/aromatic N) is 3. The number of amides is 1. The maximum Gasteiger partial charge on any atom is 0.251 e. The van der Waals surface area contributed by atoms with Gasteiger partial charge in [-0.3, -0.25) is 9.36 Å². The van der Waals surface area contributed by atoms with Crippen molar-refractivity contribution in [3.05, 3.63) is 42.5 Å². The van der Waals surface area contributed by atoms with Crippen LogP contribution in [0.25, 0.3) is 5.69 Å². The number of hydrogen-bond donors (Lipinski definition) is 2. The average Bonchev–Trinajstić information content (AvgIpc) is 3.10. The lowest BCUT2D eigenvalue weighted by molar-refractivity contribution is 0.0756. The molecule has 24 heavy (non-hydrogen) atoms. The quantitative estimate of drug-likeness (QED) is 0.902. The highest BCUT2D eigenvalue weighted by atomic mass is 16.1. The highest BCUT2D eigenvalue weighted by Gasteiger charge is 2.39. The number of carbonyl (C=O) groups excluding carboxylic acids is 1. The van der Waals surface area contributed by atoms with Gasteiger partial charge >= 0.3 is 0 Å². The van der Waals surface area contributed by atoms with Crippen LogP contribution in [0, 0.1) is 11.8 Å². The molecule has 1 amide bonds. The van der Waals surface area contributed by atoms with Gasteiger partial charge in [0.2, 0.25) is 0 Å². The van der Waals surface area contributed by atoms with Crippen LogP contribution in [-0.2, 0) is 0 Å². The lowest BCUT2D eigenvalue weighted by Crippen LogP contribution is -2.53. The Morgan fingerprint density at radius 2 is 1.71 bits per heavy atom. The number of carbonyl (C=O) groups is 1. The van der Waals surface area contributed by atoms with Crippen LogP contribution in [0.2, 0.25) is 0 Å². The zero-order valence-corrected chi connectivity index (χ0v) is 13.6. The Labute approximate surface area is 141 Å². The molecule has 2 fully saturated rings. The highest BCUT2D eigenvalue weighted by molar-refractivity contribution is 5.94. The molecule has 2 aliphatic rings. The predicted octanol–water partition coefficient (Wildman–Crippen LogP) is 1.90. The van der Waals surface area contributed by atoms with E-state index >= 15 is 0 Å². The first-order valence-corrected chi connectivity index (χ1v) is 8.72. The average molecular weight is 325 g/mol. The third kappa shape index (κ3) is 2.94. The number of rotatable bonds is 3. The Bertz CT molecular complexity index is 683. The number of hydrogen-bond acceptors (Lipinski definition) is 4. The Balaban J connectivity index is 1.46. The van der Waals surface area contributed by atoms with Gasteiger partial charge in [-0.25, -0.2) is 0 Å². The molecule has 6 heteroatoms. The Morgan fingerprint density at radius 3 is 2.33 bits per heavy atom. The molecule has 2 atom stereocenters. The molecule has 3 N–H and O–H groups in total. The van der Waals surface area contributed by atoms with Crippen LogP contribution in [0.5, 0.6) is 0 Å². The largest absolute Gasteiger partial charge is 0.349 e. The Morgan fingerprint density at radius 1 is 1.08 bits per heavy atom. The third-order valence-corrected chi connectivity index (χ3v) is 5.52. The molecule has 2 saturated carbocycles. The monoisotopic (exact) mass is 325 g/mol. The van der Waals surface area contributed by atoms with Crippen molar-refractivity contribution in [1.82, 2.24) is 20.1 Å². The molecule has 0 radical (unpaired) electrons. The summed E-state index contributed by atoms with van der Waals surface area (Å²) in [6, 6.07) is 8.12. The van der Waals surface area contributed by atoms with Crippen molar-refractivity contribution < 1.29 is 4.79 Å². The SMILES string of the molecule is NC1CC2CCCC(C1)C2NC(=O)c1ccc(-n2cnnc2)cc1. The van der Waals surface area contributed by atoms with E-state index in [4.69, 9.17) is 5.73 Å². The summed E-state index contributed by atoms with van der Waals surface area (Å²) in [6.45, 7) is 0. The first-order chi connectivity index (χ1) is 11.7.